The highest BCUT2D eigenvalue weighted by molar-refractivity contribution is 7.92. The smallest absolute Gasteiger partial charge is 0.264 e. The standard InChI is InChI=1S/C22H17Cl2FN2O3S/c23-17-7-3-8-19(21(17)24)26-22(28)16-13-15(10-11-18(16)25)31(29,30)27-12-4-6-14-5-1-2-9-20(14)27/h1-3,5,7-11,13H,4,6,12H2,(H,26,28). The van der Waals surface area contributed by atoms with Gasteiger partial charge in [0.2, 0.25) is 0 Å². The molecule has 0 saturated heterocycles. The van der Waals surface area contributed by atoms with Gasteiger partial charge in [-0.25, -0.2) is 12.8 Å². The van der Waals surface area contributed by atoms with Gasteiger partial charge < -0.3 is 5.32 Å². The molecule has 0 aliphatic carbocycles. The van der Waals surface area contributed by atoms with Gasteiger partial charge >= 0.3 is 0 Å². The van der Waals surface area contributed by atoms with Crippen LogP contribution in [0.3, 0.4) is 0 Å². The van der Waals surface area contributed by atoms with Crippen molar-refractivity contribution in [2.24, 2.45) is 0 Å². The molecule has 5 nitrogen and oxygen atoms in total. The second kappa shape index (κ2) is 8.49. The molecule has 4 rings (SSSR count). The molecule has 0 saturated carbocycles. The number of para-hydroxylation sites is 1. The number of amides is 1. The highest BCUT2D eigenvalue weighted by atomic mass is 35.5. The van der Waals surface area contributed by atoms with E-state index in [1.807, 2.05) is 12.1 Å². The Bertz CT molecular complexity index is 1280. The van der Waals surface area contributed by atoms with E-state index in [0.717, 1.165) is 30.2 Å². The van der Waals surface area contributed by atoms with E-state index in [-0.39, 0.29) is 20.6 Å². The van der Waals surface area contributed by atoms with Crippen molar-refractivity contribution in [2.45, 2.75) is 17.7 Å². The van der Waals surface area contributed by atoms with Crippen LogP contribution in [-0.4, -0.2) is 20.9 Å². The van der Waals surface area contributed by atoms with E-state index in [4.69, 9.17) is 23.2 Å². The molecule has 1 aliphatic rings. The molecule has 0 radical (unpaired) electrons. The van der Waals surface area contributed by atoms with Gasteiger partial charge in [0, 0.05) is 6.54 Å². The molecule has 0 aromatic heterocycles. The number of carbonyl (C=O) groups is 1. The molecule has 1 N–H and O–H groups in total. The first-order valence-electron chi connectivity index (χ1n) is 9.44. The molecule has 160 valence electrons. The zero-order valence-electron chi connectivity index (χ0n) is 16.1. The van der Waals surface area contributed by atoms with Gasteiger partial charge in [-0.05, 0) is 54.8 Å². The molecule has 0 fully saturated rings. The minimum Gasteiger partial charge on any atom is -0.320 e. The maximum absolute atomic E-state index is 14.4. The number of hydrogen-bond acceptors (Lipinski definition) is 3. The van der Waals surface area contributed by atoms with E-state index in [1.54, 1.807) is 24.3 Å². The fraction of sp³-hybridized carbons (Fsp3) is 0.136. The van der Waals surface area contributed by atoms with Crippen LogP contribution >= 0.6 is 23.2 Å². The predicted molar refractivity (Wildman–Crippen MR) is 120 cm³/mol. The van der Waals surface area contributed by atoms with Crippen molar-refractivity contribution < 1.29 is 17.6 Å². The van der Waals surface area contributed by atoms with Gasteiger partial charge in [-0.1, -0.05) is 47.5 Å². The third kappa shape index (κ3) is 4.13. The van der Waals surface area contributed by atoms with Crippen molar-refractivity contribution in [3.8, 4) is 0 Å². The molecule has 0 bridgehead atoms. The van der Waals surface area contributed by atoms with E-state index < -0.39 is 27.3 Å². The number of rotatable bonds is 4. The summed E-state index contributed by atoms with van der Waals surface area (Å²) in [4.78, 5) is 12.5. The lowest BCUT2D eigenvalue weighted by molar-refractivity contribution is 0.102. The Labute approximate surface area is 189 Å². The van der Waals surface area contributed by atoms with E-state index in [2.05, 4.69) is 5.32 Å². The van der Waals surface area contributed by atoms with E-state index >= 15 is 0 Å². The second-order valence-corrected chi connectivity index (χ2v) is 9.65. The topological polar surface area (TPSA) is 66.5 Å². The Morgan fingerprint density at radius 3 is 2.61 bits per heavy atom. The summed E-state index contributed by atoms with van der Waals surface area (Å²) in [5.41, 5.74) is 1.29. The van der Waals surface area contributed by atoms with Gasteiger partial charge in [-0.3, -0.25) is 9.10 Å². The van der Waals surface area contributed by atoms with Gasteiger partial charge in [0.05, 0.1) is 31.9 Å². The number of benzene rings is 3. The van der Waals surface area contributed by atoms with Crippen LogP contribution in [0, 0.1) is 5.82 Å². The lowest BCUT2D eigenvalue weighted by atomic mass is 10.0. The van der Waals surface area contributed by atoms with Crippen LogP contribution in [0.1, 0.15) is 22.3 Å². The maximum Gasteiger partial charge on any atom is 0.264 e. The molecule has 1 amide bonds. The highest BCUT2D eigenvalue weighted by Gasteiger charge is 2.30. The van der Waals surface area contributed by atoms with Crippen LogP contribution in [0.15, 0.2) is 65.6 Å². The third-order valence-corrected chi connectivity index (χ3v) is 7.67. The van der Waals surface area contributed by atoms with Gasteiger partial charge in [-0.15, -0.1) is 0 Å². The molecule has 3 aromatic carbocycles. The van der Waals surface area contributed by atoms with Crippen LogP contribution in [0.25, 0.3) is 0 Å². The van der Waals surface area contributed by atoms with Crippen molar-refractivity contribution in [1.82, 2.24) is 0 Å². The number of fused-ring (bicyclic) bond motifs is 1. The Kier molecular flexibility index (Phi) is 5.92. The number of carbonyl (C=O) groups excluding carboxylic acids is 1. The molecular formula is C22H17Cl2FN2O3S. The van der Waals surface area contributed by atoms with Gasteiger partial charge in [0.15, 0.2) is 0 Å². The molecule has 3 aromatic rings. The first-order chi connectivity index (χ1) is 14.8. The van der Waals surface area contributed by atoms with Gasteiger partial charge in [-0.2, -0.15) is 0 Å². The Hall–Kier alpha value is -2.61. The van der Waals surface area contributed by atoms with Crippen LogP contribution in [0.4, 0.5) is 15.8 Å². The fourth-order valence-corrected chi connectivity index (χ4v) is 5.42. The largest absolute Gasteiger partial charge is 0.320 e. The average molecular weight is 479 g/mol. The quantitative estimate of drug-likeness (QED) is 0.536. The Balaban J connectivity index is 1.69. The van der Waals surface area contributed by atoms with E-state index in [0.29, 0.717) is 18.7 Å². The van der Waals surface area contributed by atoms with Crippen LogP contribution in [-0.2, 0) is 16.4 Å². The molecule has 0 unspecified atom stereocenters. The number of halogens is 3. The summed E-state index contributed by atoms with van der Waals surface area (Å²) < 4.78 is 42.4. The van der Waals surface area contributed by atoms with Crippen molar-refractivity contribution in [2.75, 3.05) is 16.2 Å². The fourth-order valence-electron chi connectivity index (χ4n) is 3.50. The van der Waals surface area contributed by atoms with Crippen LogP contribution in [0.2, 0.25) is 10.0 Å². The molecule has 9 heteroatoms. The number of sulfonamides is 1. The number of nitrogens with zero attached hydrogens (tertiary/aromatic N) is 1. The summed E-state index contributed by atoms with van der Waals surface area (Å²) in [6.45, 7) is 0.302. The SMILES string of the molecule is O=C(Nc1cccc(Cl)c1Cl)c1cc(S(=O)(=O)N2CCCc3ccccc32)ccc1F. The molecule has 1 heterocycles. The van der Waals surface area contributed by atoms with E-state index in [9.17, 15) is 17.6 Å². The second-order valence-electron chi connectivity index (χ2n) is 7.01. The molecule has 1 aliphatic heterocycles. The Morgan fingerprint density at radius 2 is 1.81 bits per heavy atom. The Morgan fingerprint density at radius 1 is 1.03 bits per heavy atom. The predicted octanol–water partition coefficient (Wildman–Crippen LogP) is 5.53. The first-order valence-corrected chi connectivity index (χ1v) is 11.6. The lowest BCUT2D eigenvalue weighted by Crippen LogP contribution is -2.35. The normalized spacial score (nSPS) is 13.6. The molecule has 31 heavy (non-hydrogen) atoms. The maximum atomic E-state index is 14.4. The summed E-state index contributed by atoms with van der Waals surface area (Å²) in [5.74, 6) is -1.69. The lowest BCUT2D eigenvalue weighted by Gasteiger charge is -2.30. The van der Waals surface area contributed by atoms with Crippen molar-refractivity contribution in [3.05, 3.63) is 87.7 Å². The monoisotopic (exact) mass is 478 g/mol. The van der Waals surface area contributed by atoms with Crippen LogP contribution in [0.5, 0.6) is 0 Å². The number of aryl methyl sites for hydroxylation is 1. The minimum absolute atomic E-state index is 0.103. The summed E-state index contributed by atoms with van der Waals surface area (Å²) in [7, 11) is -4.00. The minimum atomic E-state index is -4.00. The first kappa shape index (κ1) is 21.6. The summed E-state index contributed by atoms with van der Waals surface area (Å²) in [5, 5.41) is 2.80. The molecular weight excluding hydrogens is 462 g/mol. The van der Waals surface area contributed by atoms with Gasteiger partial charge in [0.1, 0.15) is 5.82 Å². The van der Waals surface area contributed by atoms with E-state index in [1.165, 1.54) is 10.4 Å². The zero-order chi connectivity index (χ0) is 22.2. The number of nitrogens with one attached hydrogen (secondary N) is 1. The summed E-state index contributed by atoms with van der Waals surface area (Å²) >= 11 is 12.0. The third-order valence-electron chi connectivity index (χ3n) is 5.04. The van der Waals surface area contributed by atoms with Gasteiger partial charge in [0.25, 0.3) is 15.9 Å². The summed E-state index contributed by atoms with van der Waals surface area (Å²) in [6, 6.07) is 15.0. The molecule has 0 atom stereocenters. The number of hydrogen-bond donors (Lipinski definition) is 1. The average Bonchev–Trinajstić information content (AvgIpc) is 2.76. The van der Waals surface area contributed by atoms with Crippen LogP contribution < -0.4 is 9.62 Å². The van der Waals surface area contributed by atoms with Crippen molar-refractivity contribution >= 4 is 50.5 Å². The highest BCUT2D eigenvalue weighted by Crippen LogP contribution is 2.33. The van der Waals surface area contributed by atoms with Crippen molar-refractivity contribution in [1.29, 1.82) is 0 Å². The zero-order valence-corrected chi connectivity index (χ0v) is 18.4. The summed E-state index contributed by atoms with van der Waals surface area (Å²) in [6.07, 6.45) is 1.44. The molecule has 0 spiro atoms. The van der Waals surface area contributed by atoms with Crippen molar-refractivity contribution in [3.63, 3.8) is 0 Å². The number of anilines is 2.